The second-order valence-corrected chi connectivity index (χ2v) is 7.27. The van der Waals surface area contributed by atoms with Gasteiger partial charge in [-0.15, -0.1) is 0 Å². The predicted octanol–water partition coefficient (Wildman–Crippen LogP) is 1.38. The summed E-state index contributed by atoms with van der Waals surface area (Å²) in [5.41, 5.74) is 0.0685. The molecule has 1 aromatic rings. The highest BCUT2D eigenvalue weighted by Crippen LogP contribution is 2.41. The lowest BCUT2D eigenvalue weighted by molar-refractivity contribution is -0.130. The van der Waals surface area contributed by atoms with Crippen LogP contribution in [-0.2, 0) is 9.53 Å². The lowest BCUT2D eigenvalue weighted by Crippen LogP contribution is -2.45. The van der Waals surface area contributed by atoms with Gasteiger partial charge in [0.1, 0.15) is 6.10 Å². The first kappa shape index (κ1) is 14.9. The summed E-state index contributed by atoms with van der Waals surface area (Å²) in [5, 5.41) is 3.05. The molecule has 124 valence electrons. The van der Waals surface area contributed by atoms with Crippen LogP contribution in [0.3, 0.4) is 0 Å². The van der Waals surface area contributed by atoms with Gasteiger partial charge in [0.25, 0.3) is 0 Å². The van der Waals surface area contributed by atoms with Gasteiger partial charge in [0.2, 0.25) is 11.9 Å². The number of hydrogen-bond acceptors (Lipinski definition) is 5. The average molecular weight is 316 g/mol. The Balaban J connectivity index is 1.37. The van der Waals surface area contributed by atoms with Gasteiger partial charge in [0.05, 0.1) is 6.61 Å². The Morgan fingerprint density at radius 1 is 1.39 bits per heavy atom. The number of hydrogen-bond donors (Lipinski definition) is 1. The van der Waals surface area contributed by atoms with E-state index in [2.05, 4.69) is 20.2 Å². The van der Waals surface area contributed by atoms with Gasteiger partial charge in [-0.3, -0.25) is 4.79 Å². The number of carbonyl (C=O) groups is 1. The fourth-order valence-electron chi connectivity index (χ4n) is 3.76. The monoisotopic (exact) mass is 316 g/mol. The molecule has 3 heterocycles. The maximum atomic E-state index is 12.3. The maximum Gasteiger partial charge on any atom is 0.249 e. The summed E-state index contributed by atoms with van der Waals surface area (Å²) in [5.74, 6) is 1.56. The summed E-state index contributed by atoms with van der Waals surface area (Å²) >= 11 is 0. The molecule has 6 nitrogen and oxygen atoms in total. The van der Waals surface area contributed by atoms with Gasteiger partial charge in [-0.2, -0.15) is 0 Å². The van der Waals surface area contributed by atoms with Crippen LogP contribution in [0, 0.1) is 11.3 Å². The Hall–Kier alpha value is -1.69. The van der Waals surface area contributed by atoms with E-state index in [0.29, 0.717) is 12.5 Å². The zero-order chi connectivity index (χ0) is 15.7. The number of nitrogens with zero attached hydrogens (tertiary/aromatic N) is 3. The number of rotatable bonds is 4. The summed E-state index contributed by atoms with van der Waals surface area (Å²) < 4.78 is 5.87. The molecule has 1 aromatic heterocycles. The van der Waals surface area contributed by atoms with Crippen molar-refractivity contribution in [2.24, 2.45) is 11.3 Å². The van der Waals surface area contributed by atoms with Crippen LogP contribution >= 0.6 is 0 Å². The van der Waals surface area contributed by atoms with Gasteiger partial charge >= 0.3 is 0 Å². The van der Waals surface area contributed by atoms with E-state index in [4.69, 9.17) is 4.74 Å². The lowest BCUT2D eigenvalue weighted by Gasteiger charge is -2.39. The number of nitrogens with one attached hydrogen (secondary N) is 1. The van der Waals surface area contributed by atoms with Crippen molar-refractivity contribution in [1.82, 2.24) is 15.3 Å². The highest BCUT2D eigenvalue weighted by molar-refractivity contribution is 5.81. The number of carbonyl (C=O) groups excluding carboxylic acids is 1. The molecule has 0 bridgehead atoms. The molecule has 1 amide bonds. The molecule has 3 fully saturated rings. The fraction of sp³-hybridized carbons (Fsp3) is 0.706. The van der Waals surface area contributed by atoms with Crippen LogP contribution in [0.4, 0.5) is 5.95 Å². The minimum absolute atomic E-state index is 0.0685. The Kier molecular flexibility index (Phi) is 3.93. The number of anilines is 1. The van der Waals surface area contributed by atoms with Crippen molar-refractivity contribution in [3.05, 3.63) is 18.5 Å². The van der Waals surface area contributed by atoms with Gasteiger partial charge in [0.15, 0.2) is 0 Å². The molecule has 2 saturated heterocycles. The van der Waals surface area contributed by atoms with Crippen LogP contribution in [0.25, 0.3) is 0 Å². The highest BCUT2D eigenvalue weighted by Gasteiger charge is 2.46. The topological polar surface area (TPSA) is 67.4 Å². The average Bonchev–Trinajstić information content (AvgIpc) is 3.34. The number of aromatic nitrogens is 2. The van der Waals surface area contributed by atoms with Crippen LogP contribution in [0.1, 0.15) is 32.1 Å². The lowest BCUT2D eigenvalue weighted by atomic mass is 9.78. The van der Waals surface area contributed by atoms with Crippen LogP contribution < -0.4 is 10.2 Å². The Morgan fingerprint density at radius 2 is 2.22 bits per heavy atom. The van der Waals surface area contributed by atoms with E-state index >= 15 is 0 Å². The van der Waals surface area contributed by atoms with Gasteiger partial charge < -0.3 is 15.0 Å². The standard InChI is InChI=1S/C17H24N4O2/c22-15(20-10-13-3-4-13)14-9-17(12-23-14)5-1-8-21(11-17)16-18-6-2-7-19-16/h2,6-7,13-14H,1,3-5,8-12H2,(H,20,22). The number of piperidine rings is 1. The van der Waals surface area contributed by atoms with E-state index in [1.54, 1.807) is 12.4 Å². The fourth-order valence-corrected chi connectivity index (χ4v) is 3.76. The number of amides is 1. The molecule has 0 radical (unpaired) electrons. The first-order valence-corrected chi connectivity index (χ1v) is 8.65. The molecule has 1 N–H and O–H groups in total. The SMILES string of the molecule is O=C(NCC1CC1)C1CC2(CCCN(c3ncccn3)C2)CO1. The first-order chi connectivity index (χ1) is 11.2. The van der Waals surface area contributed by atoms with Gasteiger partial charge in [-0.1, -0.05) is 0 Å². The van der Waals surface area contributed by atoms with Crippen molar-refractivity contribution in [3.8, 4) is 0 Å². The van der Waals surface area contributed by atoms with E-state index < -0.39 is 0 Å². The normalized spacial score (nSPS) is 30.6. The van der Waals surface area contributed by atoms with E-state index in [-0.39, 0.29) is 17.4 Å². The van der Waals surface area contributed by atoms with Gasteiger partial charge in [-0.25, -0.2) is 9.97 Å². The summed E-state index contributed by atoms with van der Waals surface area (Å²) in [6.07, 6.45) is 8.80. The van der Waals surface area contributed by atoms with Crippen molar-refractivity contribution in [3.63, 3.8) is 0 Å². The zero-order valence-electron chi connectivity index (χ0n) is 13.4. The minimum atomic E-state index is -0.287. The van der Waals surface area contributed by atoms with Crippen molar-refractivity contribution in [2.75, 3.05) is 31.1 Å². The molecule has 0 aromatic carbocycles. The quantitative estimate of drug-likeness (QED) is 0.909. The molecule has 4 rings (SSSR count). The summed E-state index contributed by atoms with van der Waals surface area (Å²) in [4.78, 5) is 23.2. The number of ether oxygens (including phenoxy) is 1. The highest BCUT2D eigenvalue weighted by atomic mass is 16.5. The Labute approximate surface area is 136 Å². The Morgan fingerprint density at radius 3 is 3.00 bits per heavy atom. The van der Waals surface area contributed by atoms with Crippen LogP contribution in [0.15, 0.2) is 18.5 Å². The van der Waals surface area contributed by atoms with E-state index in [0.717, 1.165) is 44.8 Å². The molecular weight excluding hydrogens is 292 g/mol. The van der Waals surface area contributed by atoms with Crippen LogP contribution in [0.5, 0.6) is 0 Å². The first-order valence-electron chi connectivity index (χ1n) is 8.65. The molecule has 6 heteroatoms. The van der Waals surface area contributed by atoms with E-state index in [1.165, 1.54) is 12.8 Å². The smallest absolute Gasteiger partial charge is 0.249 e. The van der Waals surface area contributed by atoms with Gasteiger partial charge in [-0.05, 0) is 44.1 Å². The third kappa shape index (κ3) is 3.32. The molecular formula is C17H24N4O2. The van der Waals surface area contributed by atoms with Gasteiger partial charge in [0, 0.05) is 37.4 Å². The maximum absolute atomic E-state index is 12.3. The zero-order valence-corrected chi connectivity index (χ0v) is 13.4. The second-order valence-electron chi connectivity index (χ2n) is 7.27. The second kappa shape index (κ2) is 6.07. The van der Waals surface area contributed by atoms with Crippen molar-refractivity contribution >= 4 is 11.9 Å². The predicted molar refractivity (Wildman–Crippen MR) is 86.0 cm³/mol. The molecule has 23 heavy (non-hydrogen) atoms. The summed E-state index contributed by atoms with van der Waals surface area (Å²) in [7, 11) is 0. The van der Waals surface area contributed by atoms with Crippen LogP contribution in [-0.4, -0.2) is 48.2 Å². The van der Waals surface area contributed by atoms with Crippen molar-refractivity contribution in [2.45, 2.75) is 38.2 Å². The summed E-state index contributed by atoms with van der Waals surface area (Å²) in [6.45, 7) is 3.33. The molecule has 3 aliphatic rings. The van der Waals surface area contributed by atoms with Crippen molar-refractivity contribution in [1.29, 1.82) is 0 Å². The Bertz CT molecular complexity index is 563. The third-order valence-corrected chi connectivity index (χ3v) is 5.26. The molecule has 1 spiro atoms. The molecule has 2 unspecified atom stereocenters. The van der Waals surface area contributed by atoms with Crippen LogP contribution in [0.2, 0.25) is 0 Å². The molecule has 1 aliphatic carbocycles. The van der Waals surface area contributed by atoms with E-state index in [9.17, 15) is 4.79 Å². The largest absolute Gasteiger partial charge is 0.368 e. The third-order valence-electron chi connectivity index (χ3n) is 5.26. The minimum Gasteiger partial charge on any atom is -0.368 e. The molecule has 2 atom stereocenters. The summed E-state index contributed by atoms with van der Waals surface area (Å²) in [6, 6.07) is 1.84. The van der Waals surface area contributed by atoms with E-state index in [1.807, 2.05) is 6.07 Å². The molecule has 1 saturated carbocycles. The van der Waals surface area contributed by atoms with Crippen molar-refractivity contribution < 1.29 is 9.53 Å². The molecule has 2 aliphatic heterocycles.